The van der Waals surface area contributed by atoms with Crippen molar-refractivity contribution in [1.29, 1.82) is 0 Å². The summed E-state index contributed by atoms with van der Waals surface area (Å²) in [7, 11) is 0. The van der Waals surface area contributed by atoms with Crippen LogP contribution in [-0.2, 0) is 4.79 Å². The monoisotopic (exact) mass is 535 g/mol. The van der Waals surface area contributed by atoms with E-state index < -0.39 is 41.1 Å². The Morgan fingerprint density at radius 2 is 1.35 bits per heavy atom. The zero-order chi connectivity index (χ0) is 28.6. The number of carboxylic acid groups (broad SMARTS) is 1. The first-order valence-corrected chi connectivity index (χ1v) is 13.2. The zero-order valence-corrected chi connectivity index (χ0v) is 22.5. The van der Waals surface area contributed by atoms with Crippen molar-refractivity contribution in [2.75, 3.05) is 0 Å². The fraction of sp³-hybridized carbons (Fsp3) is 0.206. The van der Waals surface area contributed by atoms with Crippen LogP contribution in [0.1, 0.15) is 61.9 Å². The summed E-state index contributed by atoms with van der Waals surface area (Å²) in [6.45, 7) is 5.29. The summed E-state index contributed by atoms with van der Waals surface area (Å²) in [4.78, 5) is 43.6. The minimum Gasteiger partial charge on any atom is -0.479 e. The molecule has 5 rings (SSSR count). The molecule has 0 radical (unpaired) electrons. The minimum absolute atomic E-state index is 0.277. The molecule has 40 heavy (non-hydrogen) atoms. The molecule has 4 unspecified atom stereocenters. The average Bonchev–Trinajstić information content (AvgIpc) is 3.23. The topological polar surface area (TPSA) is 74.7 Å². The Morgan fingerprint density at radius 1 is 0.750 bits per heavy atom. The second-order valence-corrected chi connectivity index (χ2v) is 10.6. The molecule has 1 saturated heterocycles. The largest absolute Gasteiger partial charge is 0.479 e. The fourth-order valence-corrected chi connectivity index (χ4v) is 6.12. The number of carboxylic acids is 1. The second-order valence-electron chi connectivity index (χ2n) is 10.6. The third-order valence-corrected chi connectivity index (χ3v) is 7.97. The van der Waals surface area contributed by atoms with Crippen LogP contribution in [0.15, 0.2) is 103 Å². The number of rotatable bonds is 6. The molecule has 1 N–H and O–H groups in total. The molecule has 0 aliphatic carbocycles. The molecular weight excluding hydrogens is 505 g/mol. The van der Waals surface area contributed by atoms with Gasteiger partial charge in [0, 0.05) is 17.0 Å². The molecule has 4 atom stereocenters. The SMILES string of the molecule is Cc1cccc(C(=O)C2C(c3cccc(C)c3)N(C(=O)c3ccccc3)C(C)(C(=O)O)C2c2ccc(F)cc2)c1. The van der Waals surface area contributed by atoms with Gasteiger partial charge in [0.2, 0.25) is 0 Å². The average molecular weight is 536 g/mol. The van der Waals surface area contributed by atoms with Crippen molar-refractivity contribution in [3.8, 4) is 0 Å². The predicted molar refractivity (Wildman–Crippen MR) is 151 cm³/mol. The lowest BCUT2D eigenvalue weighted by atomic mass is 9.71. The van der Waals surface area contributed by atoms with E-state index in [0.29, 0.717) is 22.3 Å². The van der Waals surface area contributed by atoms with Crippen molar-refractivity contribution in [2.45, 2.75) is 38.3 Å². The standard InChI is InChI=1S/C34H30FNO4/c1-21-9-7-13-25(19-21)30-28(31(37)26-14-8-10-22(2)20-26)29(23-15-17-27(35)18-16-23)34(3,33(39)40)36(30)32(38)24-11-5-4-6-12-24/h4-20,28-30H,1-3H3,(H,39,40). The third kappa shape index (κ3) is 4.60. The molecule has 4 aromatic rings. The van der Waals surface area contributed by atoms with Crippen LogP contribution in [0.25, 0.3) is 0 Å². The van der Waals surface area contributed by atoms with Gasteiger partial charge in [0.15, 0.2) is 5.78 Å². The van der Waals surface area contributed by atoms with E-state index >= 15 is 0 Å². The molecule has 0 aromatic heterocycles. The van der Waals surface area contributed by atoms with Crippen LogP contribution >= 0.6 is 0 Å². The van der Waals surface area contributed by atoms with Gasteiger partial charge in [-0.3, -0.25) is 9.59 Å². The van der Waals surface area contributed by atoms with E-state index in [4.69, 9.17) is 0 Å². The van der Waals surface area contributed by atoms with Crippen molar-refractivity contribution < 1.29 is 23.9 Å². The quantitative estimate of drug-likeness (QED) is 0.277. The first kappa shape index (κ1) is 27.0. The summed E-state index contributed by atoms with van der Waals surface area (Å²) in [6.07, 6.45) is 0. The third-order valence-electron chi connectivity index (χ3n) is 7.97. The summed E-state index contributed by atoms with van der Waals surface area (Å²) in [5.41, 5.74) is 1.82. The van der Waals surface area contributed by atoms with Gasteiger partial charge < -0.3 is 10.0 Å². The van der Waals surface area contributed by atoms with Crippen molar-refractivity contribution in [1.82, 2.24) is 4.90 Å². The van der Waals surface area contributed by atoms with Crippen molar-refractivity contribution in [2.24, 2.45) is 5.92 Å². The second kappa shape index (κ2) is 10.5. The number of ketones is 1. The Bertz CT molecular complexity index is 1580. The normalized spacial score (nSPS) is 22.2. The number of likely N-dealkylation sites (tertiary alicyclic amines) is 1. The van der Waals surface area contributed by atoms with Crippen LogP contribution in [0.3, 0.4) is 0 Å². The molecule has 1 aliphatic heterocycles. The molecule has 0 saturated carbocycles. The Morgan fingerprint density at radius 3 is 1.95 bits per heavy atom. The molecule has 5 nitrogen and oxygen atoms in total. The highest BCUT2D eigenvalue weighted by Gasteiger charge is 2.64. The number of aryl methyl sites for hydroxylation is 2. The molecule has 0 bridgehead atoms. The van der Waals surface area contributed by atoms with Gasteiger partial charge in [0.05, 0.1) is 12.0 Å². The summed E-state index contributed by atoms with van der Waals surface area (Å²) < 4.78 is 14.1. The van der Waals surface area contributed by atoms with Gasteiger partial charge in [0.25, 0.3) is 5.91 Å². The lowest BCUT2D eigenvalue weighted by Crippen LogP contribution is -2.54. The van der Waals surface area contributed by atoms with Gasteiger partial charge >= 0.3 is 5.97 Å². The Kier molecular flexibility index (Phi) is 7.11. The Balaban J connectivity index is 1.84. The molecule has 1 heterocycles. The van der Waals surface area contributed by atoms with Gasteiger partial charge in [-0.05, 0) is 62.2 Å². The lowest BCUT2D eigenvalue weighted by molar-refractivity contribution is -0.148. The van der Waals surface area contributed by atoms with Gasteiger partial charge in [-0.25, -0.2) is 9.18 Å². The summed E-state index contributed by atoms with van der Waals surface area (Å²) >= 11 is 0. The van der Waals surface area contributed by atoms with E-state index in [1.807, 2.05) is 44.2 Å². The predicted octanol–water partition coefficient (Wildman–Crippen LogP) is 6.77. The van der Waals surface area contributed by atoms with E-state index in [-0.39, 0.29) is 5.78 Å². The highest BCUT2D eigenvalue weighted by molar-refractivity contribution is 6.04. The van der Waals surface area contributed by atoms with Crippen molar-refractivity contribution in [3.63, 3.8) is 0 Å². The van der Waals surface area contributed by atoms with Gasteiger partial charge in [-0.15, -0.1) is 0 Å². The van der Waals surface area contributed by atoms with Crippen LogP contribution in [0.5, 0.6) is 0 Å². The van der Waals surface area contributed by atoms with Gasteiger partial charge in [0.1, 0.15) is 11.4 Å². The molecular formula is C34H30FNO4. The number of carbonyl (C=O) groups excluding carboxylic acids is 2. The number of benzene rings is 4. The highest BCUT2D eigenvalue weighted by atomic mass is 19.1. The first-order chi connectivity index (χ1) is 19.1. The molecule has 6 heteroatoms. The maximum absolute atomic E-state index is 14.5. The number of nitrogens with zero attached hydrogens (tertiary/aromatic N) is 1. The van der Waals surface area contributed by atoms with Crippen LogP contribution in [0.4, 0.5) is 4.39 Å². The summed E-state index contributed by atoms with van der Waals surface area (Å²) in [5, 5.41) is 10.9. The Labute approximate surface area is 232 Å². The van der Waals surface area contributed by atoms with Crippen LogP contribution in [-0.4, -0.2) is 33.2 Å². The van der Waals surface area contributed by atoms with E-state index in [1.165, 1.54) is 36.1 Å². The van der Waals surface area contributed by atoms with E-state index in [1.54, 1.807) is 48.5 Å². The van der Waals surface area contributed by atoms with Crippen molar-refractivity contribution in [3.05, 3.63) is 142 Å². The van der Waals surface area contributed by atoms with Gasteiger partial charge in [-0.1, -0.05) is 83.9 Å². The fourth-order valence-electron chi connectivity index (χ4n) is 6.12. The van der Waals surface area contributed by atoms with E-state index in [2.05, 4.69) is 0 Å². The molecule has 0 spiro atoms. The maximum atomic E-state index is 14.5. The number of halogens is 1. The van der Waals surface area contributed by atoms with Crippen LogP contribution in [0.2, 0.25) is 0 Å². The van der Waals surface area contributed by atoms with Crippen molar-refractivity contribution >= 4 is 17.7 Å². The number of hydrogen-bond acceptors (Lipinski definition) is 3. The number of Topliss-reactive ketones (excluding diaryl/α,β-unsaturated/α-hetero) is 1. The highest BCUT2D eigenvalue weighted by Crippen LogP contribution is 2.57. The number of carbonyl (C=O) groups is 3. The molecule has 4 aromatic carbocycles. The van der Waals surface area contributed by atoms with Crippen LogP contribution < -0.4 is 0 Å². The minimum atomic E-state index is -1.84. The number of aliphatic carboxylic acids is 1. The maximum Gasteiger partial charge on any atom is 0.330 e. The van der Waals surface area contributed by atoms with E-state index in [0.717, 1.165) is 11.1 Å². The number of hydrogen-bond donors (Lipinski definition) is 1. The van der Waals surface area contributed by atoms with Gasteiger partial charge in [-0.2, -0.15) is 0 Å². The van der Waals surface area contributed by atoms with Crippen LogP contribution in [0, 0.1) is 25.6 Å². The summed E-state index contributed by atoms with van der Waals surface area (Å²) in [6, 6.07) is 27.8. The first-order valence-electron chi connectivity index (χ1n) is 13.2. The zero-order valence-electron chi connectivity index (χ0n) is 22.5. The lowest BCUT2D eigenvalue weighted by Gasteiger charge is -2.38. The Hall–Kier alpha value is -4.58. The number of amides is 1. The molecule has 1 amide bonds. The smallest absolute Gasteiger partial charge is 0.330 e. The molecule has 202 valence electrons. The van der Waals surface area contributed by atoms with E-state index in [9.17, 15) is 23.9 Å². The molecule has 1 aliphatic rings. The molecule has 1 fully saturated rings. The summed E-state index contributed by atoms with van der Waals surface area (Å²) in [5.74, 6) is -4.44.